The number of halogens is 4. The summed E-state index contributed by atoms with van der Waals surface area (Å²) >= 11 is 6.01. The second-order valence-electron chi connectivity index (χ2n) is 11.3. The maximum absolute atomic E-state index is 13.3. The van der Waals surface area contributed by atoms with E-state index in [-0.39, 0.29) is 21.8 Å². The first-order valence-electron chi connectivity index (χ1n) is 13.5. The molecule has 0 radical (unpaired) electrons. The van der Waals surface area contributed by atoms with Crippen molar-refractivity contribution in [2.24, 2.45) is 11.3 Å². The number of benzene rings is 2. The van der Waals surface area contributed by atoms with Crippen molar-refractivity contribution in [3.8, 4) is 5.75 Å². The predicted molar refractivity (Wildman–Crippen MR) is 152 cm³/mol. The van der Waals surface area contributed by atoms with E-state index in [1.54, 1.807) is 6.07 Å². The summed E-state index contributed by atoms with van der Waals surface area (Å²) in [5.41, 5.74) is 1.52. The van der Waals surface area contributed by atoms with Crippen LogP contribution in [0.3, 0.4) is 0 Å². The number of carbonyl (C=O) groups excluding carboxylic acids is 1. The van der Waals surface area contributed by atoms with E-state index in [9.17, 15) is 26.4 Å². The molecule has 2 fully saturated rings. The molecule has 8 nitrogen and oxygen atoms in total. The summed E-state index contributed by atoms with van der Waals surface area (Å²) in [7, 11) is -3.56. The molecule has 2 saturated heterocycles. The summed E-state index contributed by atoms with van der Waals surface area (Å²) in [6, 6.07) is 12.8. The Morgan fingerprint density at radius 1 is 1.07 bits per heavy atom. The third-order valence-electron chi connectivity index (χ3n) is 7.40. The number of carboxylic acids is 1. The molecule has 0 atom stereocenters. The Morgan fingerprint density at radius 3 is 2.24 bits per heavy atom. The number of ether oxygens (including phenoxy) is 1. The number of para-hydroxylation sites is 1. The van der Waals surface area contributed by atoms with E-state index in [2.05, 4.69) is 30.9 Å². The van der Waals surface area contributed by atoms with Crippen molar-refractivity contribution < 1.29 is 41.0 Å². The lowest BCUT2D eigenvalue weighted by atomic mass is 9.77. The van der Waals surface area contributed by atoms with Crippen LogP contribution in [0.1, 0.15) is 49.0 Å². The van der Waals surface area contributed by atoms with Crippen LogP contribution in [0.25, 0.3) is 0 Å². The molecule has 1 N–H and O–H groups in total. The van der Waals surface area contributed by atoms with Crippen LogP contribution < -0.4 is 4.74 Å². The molecular weight excluding hydrogens is 597 g/mol. The number of amides is 1. The Balaban J connectivity index is 0.000000616. The number of carboxylic acid groups (broad SMARTS) is 1. The average molecular weight is 633 g/mol. The van der Waals surface area contributed by atoms with Gasteiger partial charge in [0.25, 0.3) is 5.91 Å². The second-order valence-corrected chi connectivity index (χ2v) is 13.7. The molecule has 0 aromatic heterocycles. The predicted octanol–water partition coefficient (Wildman–Crippen LogP) is 5.54. The largest absolute Gasteiger partial charge is 0.493 e. The van der Waals surface area contributed by atoms with E-state index in [0.29, 0.717) is 30.6 Å². The Hall–Kier alpha value is -2.83. The van der Waals surface area contributed by atoms with Gasteiger partial charge in [-0.2, -0.15) is 13.2 Å². The van der Waals surface area contributed by atoms with Gasteiger partial charge in [-0.1, -0.05) is 43.6 Å². The molecule has 0 bridgehead atoms. The van der Waals surface area contributed by atoms with Crippen LogP contribution in [-0.4, -0.2) is 80.4 Å². The number of rotatable bonds is 7. The smallest absolute Gasteiger partial charge is 0.490 e. The molecule has 4 rings (SSSR count). The number of sulfone groups is 1. The molecule has 13 heteroatoms. The Morgan fingerprint density at radius 2 is 1.67 bits per heavy atom. The molecule has 2 aromatic carbocycles. The Labute approximate surface area is 249 Å². The first-order chi connectivity index (χ1) is 19.5. The molecule has 0 saturated carbocycles. The number of piperidine rings is 1. The number of nitrogens with zero attached hydrogens (tertiary/aromatic N) is 2. The van der Waals surface area contributed by atoms with Crippen molar-refractivity contribution in [1.29, 1.82) is 0 Å². The fourth-order valence-corrected chi connectivity index (χ4v) is 6.26. The highest BCUT2D eigenvalue weighted by molar-refractivity contribution is 7.90. The summed E-state index contributed by atoms with van der Waals surface area (Å²) < 4.78 is 62.3. The lowest BCUT2D eigenvalue weighted by molar-refractivity contribution is -0.192. The van der Waals surface area contributed by atoms with Gasteiger partial charge < -0.3 is 14.7 Å². The molecule has 0 aliphatic carbocycles. The van der Waals surface area contributed by atoms with Crippen LogP contribution in [0, 0.1) is 11.3 Å². The fraction of sp³-hybridized carbons (Fsp3) is 0.517. The first kappa shape index (κ1) is 33.7. The number of likely N-dealkylation sites (tertiary alicyclic amines) is 2. The van der Waals surface area contributed by atoms with E-state index in [0.717, 1.165) is 50.9 Å². The maximum atomic E-state index is 13.3. The lowest BCUT2D eigenvalue weighted by Gasteiger charge is -2.39. The number of hydrogen-bond acceptors (Lipinski definition) is 6. The number of alkyl halides is 3. The van der Waals surface area contributed by atoms with Crippen LogP contribution in [0.5, 0.6) is 5.75 Å². The van der Waals surface area contributed by atoms with Crippen molar-refractivity contribution in [1.82, 2.24) is 9.80 Å². The van der Waals surface area contributed by atoms with Gasteiger partial charge in [0.2, 0.25) is 0 Å². The topological polar surface area (TPSA) is 104 Å². The van der Waals surface area contributed by atoms with E-state index < -0.39 is 22.0 Å². The van der Waals surface area contributed by atoms with E-state index >= 15 is 0 Å². The summed E-state index contributed by atoms with van der Waals surface area (Å²) in [5.74, 6) is -1.54. The number of carbonyl (C=O) groups is 2. The summed E-state index contributed by atoms with van der Waals surface area (Å²) in [4.78, 5) is 26.5. The van der Waals surface area contributed by atoms with Crippen molar-refractivity contribution in [3.05, 3.63) is 58.6 Å². The molecule has 2 aromatic rings. The van der Waals surface area contributed by atoms with Gasteiger partial charge in [-0.15, -0.1) is 0 Å². The third kappa shape index (κ3) is 9.08. The van der Waals surface area contributed by atoms with E-state index in [1.165, 1.54) is 17.7 Å². The zero-order valence-electron chi connectivity index (χ0n) is 23.8. The molecule has 42 heavy (non-hydrogen) atoms. The van der Waals surface area contributed by atoms with Gasteiger partial charge in [0.1, 0.15) is 5.75 Å². The van der Waals surface area contributed by atoms with Gasteiger partial charge >= 0.3 is 12.1 Å². The normalized spacial score (nSPS) is 17.2. The van der Waals surface area contributed by atoms with Crippen molar-refractivity contribution in [2.45, 2.75) is 50.7 Å². The highest BCUT2D eigenvalue weighted by atomic mass is 35.5. The fourth-order valence-electron chi connectivity index (χ4n) is 5.12. The maximum Gasteiger partial charge on any atom is 0.490 e. The molecule has 1 amide bonds. The zero-order valence-corrected chi connectivity index (χ0v) is 25.4. The highest BCUT2D eigenvalue weighted by Gasteiger charge is 2.43. The molecule has 2 aliphatic heterocycles. The molecular formula is C29H36ClF3N2O6S. The molecule has 2 aliphatic rings. The van der Waals surface area contributed by atoms with Gasteiger partial charge in [-0.05, 0) is 68.0 Å². The molecule has 0 unspecified atom stereocenters. The number of aliphatic carboxylic acids is 1. The van der Waals surface area contributed by atoms with E-state index in [4.69, 9.17) is 26.2 Å². The van der Waals surface area contributed by atoms with Crippen LogP contribution >= 0.6 is 11.6 Å². The molecule has 2 heterocycles. The van der Waals surface area contributed by atoms with Gasteiger partial charge in [0, 0.05) is 36.5 Å². The monoisotopic (exact) mass is 632 g/mol. The quantitative estimate of drug-likeness (QED) is 0.427. The summed E-state index contributed by atoms with van der Waals surface area (Å²) in [6.45, 7) is 9.12. The SMILES string of the molecule is CC(C)COc1ccccc1CN1CCC2(CC1)CCN(C(=O)c1ccc(Cl)cc1S(C)(=O)=O)C2.O=C(O)C(F)(F)F. The average Bonchev–Trinajstić information content (AvgIpc) is 3.32. The molecule has 1 spiro atoms. The van der Waals surface area contributed by atoms with Gasteiger partial charge in [0.05, 0.1) is 17.1 Å². The third-order valence-corrected chi connectivity index (χ3v) is 8.77. The number of hydrogen-bond donors (Lipinski definition) is 1. The minimum Gasteiger partial charge on any atom is -0.493 e. The van der Waals surface area contributed by atoms with Gasteiger partial charge in [0.15, 0.2) is 9.84 Å². The van der Waals surface area contributed by atoms with Crippen molar-refractivity contribution in [3.63, 3.8) is 0 Å². The Kier molecular flexibility index (Phi) is 10.9. The highest BCUT2D eigenvalue weighted by Crippen LogP contribution is 2.41. The molecule has 232 valence electrons. The summed E-state index contributed by atoms with van der Waals surface area (Å²) in [5, 5.41) is 7.43. The first-order valence-corrected chi connectivity index (χ1v) is 15.8. The standard InChI is InChI=1S/C27H35ClN2O4S.C2HF3O2/c1-20(2)18-34-24-7-5-4-6-21(24)17-29-13-10-27(11-14-29)12-15-30(19-27)26(31)23-9-8-22(28)16-25(23)35(3,32)33;3-2(4,5)1(6)7/h4-9,16,20H,10-15,17-19H2,1-3H3;(H,6,7). The lowest BCUT2D eigenvalue weighted by Crippen LogP contribution is -2.42. The Bertz CT molecular complexity index is 1380. The van der Waals surface area contributed by atoms with Gasteiger partial charge in [-0.3, -0.25) is 9.69 Å². The van der Waals surface area contributed by atoms with Crippen molar-refractivity contribution in [2.75, 3.05) is 39.0 Å². The van der Waals surface area contributed by atoms with Crippen LogP contribution in [0.4, 0.5) is 13.2 Å². The van der Waals surface area contributed by atoms with Crippen LogP contribution in [0.15, 0.2) is 47.4 Å². The minimum atomic E-state index is -5.08. The zero-order chi connectivity index (χ0) is 31.3. The second kappa shape index (κ2) is 13.6. The van der Waals surface area contributed by atoms with Crippen molar-refractivity contribution >= 4 is 33.3 Å². The van der Waals surface area contributed by atoms with Gasteiger partial charge in [-0.25, -0.2) is 13.2 Å². The van der Waals surface area contributed by atoms with Crippen LogP contribution in [-0.2, 0) is 21.2 Å². The van der Waals surface area contributed by atoms with Crippen LogP contribution in [0.2, 0.25) is 5.02 Å². The van der Waals surface area contributed by atoms with E-state index in [1.807, 2.05) is 17.0 Å². The summed E-state index contributed by atoms with van der Waals surface area (Å²) in [6.07, 6.45) is -0.984. The minimum absolute atomic E-state index is 0.00382.